The van der Waals surface area contributed by atoms with Gasteiger partial charge in [-0.25, -0.2) is 0 Å². The van der Waals surface area contributed by atoms with Gasteiger partial charge in [0, 0.05) is 30.1 Å². The highest BCUT2D eigenvalue weighted by atomic mass is 32.1. The van der Waals surface area contributed by atoms with Crippen LogP contribution >= 0.6 is 11.3 Å². The summed E-state index contributed by atoms with van der Waals surface area (Å²) in [5.74, 6) is 0.198. The van der Waals surface area contributed by atoms with E-state index in [9.17, 15) is 4.79 Å². The van der Waals surface area contributed by atoms with Crippen molar-refractivity contribution < 1.29 is 4.79 Å². The molecule has 2 saturated heterocycles. The van der Waals surface area contributed by atoms with Gasteiger partial charge in [-0.3, -0.25) is 14.7 Å². The summed E-state index contributed by atoms with van der Waals surface area (Å²) in [6.45, 7) is 3.30. The van der Waals surface area contributed by atoms with Crippen LogP contribution in [-0.2, 0) is 0 Å². The predicted octanol–water partition coefficient (Wildman–Crippen LogP) is 2.23. The van der Waals surface area contributed by atoms with Gasteiger partial charge in [0.2, 0.25) is 0 Å². The summed E-state index contributed by atoms with van der Waals surface area (Å²) in [5.41, 5.74) is 2.04. The number of fused-ring (bicyclic) bond motifs is 1. The molecular formula is C15H21N3OS. The number of hydrogen-bond donors (Lipinski definition) is 0. The van der Waals surface area contributed by atoms with Crippen LogP contribution in [0.4, 0.5) is 0 Å². The zero-order valence-corrected chi connectivity index (χ0v) is 12.9. The molecule has 3 heterocycles. The van der Waals surface area contributed by atoms with Crippen molar-refractivity contribution in [1.82, 2.24) is 14.8 Å². The molecule has 0 aromatic carbocycles. The third-order valence-electron chi connectivity index (χ3n) is 5.91. The number of carbonyl (C=O) groups is 1. The van der Waals surface area contributed by atoms with Crippen molar-refractivity contribution in [1.29, 1.82) is 0 Å². The topological polar surface area (TPSA) is 36.4 Å². The van der Waals surface area contributed by atoms with Crippen molar-refractivity contribution >= 4 is 17.2 Å². The molecule has 3 fully saturated rings. The second-order valence-electron chi connectivity index (χ2n) is 6.81. The Kier molecular flexibility index (Phi) is 2.73. The van der Waals surface area contributed by atoms with Crippen molar-refractivity contribution in [2.75, 3.05) is 13.6 Å². The minimum atomic E-state index is 0.198. The largest absolute Gasteiger partial charge is 0.333 e. The van der Waals surface area contributed by atoms with Crippen LogP contribution in [0.1, 0.15) is 42.3 Å². The summed E-state index contributed by atoms with van der Waals surface area (Å²) in [6, 6.07) is 1.61. The average molecular weight is 291 g/mol. The van der Waals surface area contributed by atoms with E-state index in [1.165, 1.54) is 30.6 Å². The number of nitrogens with zero attached hydrogens (tertiary/aromatic N) is 3. The fourth-order valence-electron chi connectivity index (χ4n) is 4.98. The Balaban J connectivity index is 1.71. The van der Waals surface area contributed by atoms with Gasteiger partial charge in [-0.15, -0.1) is 11.3 Å². The number of likely N-dealkylation sites (tertiary alicyclic amines) is 2. The van der Waals surface area contributed by atoms with E-state index in [4.69, 9.17) is 0 Å². The SMILES string of the molecule is CN1[C@@H]2CN(C(=O)c3cncs3)[C@@H]3CCC[C@H]1[C@]3(C)C2. The Hall–Kier alpha value is -0.940. The fraction of sp³-hybridized carbons (Fsp3) is 0.733. The number of rotatable bonds is 1. The minimum Gasteiger partial charge on any atom is -0.333 e. The van der Waals surface area contributed by atoms with Crippen molar-refractivity contribution in [2.45, 2.75) is 50.7 Å². The fourth-order valence-corrected chi connectivity index (χ4v) is 5.56. The number of aromatic nitrogens is 1. The van der Waals surface area contributed by atoms with E-state index in [0.29, 0.717) is 18.1 Å². The van der Waals surface area contributed by atoms with Gasteiger partial charge >= 0.3 is 0 Å². The second kappa shape index (κ2) is 4.28. The van der Waals surface area contributed by atoms with Gasteiger partial charge in [0.25, 0.3) is 5.91 Å². The molecule has 20 heavy (non-hydrogen) atoms. The second-order valence-corrected chi connectivity index (χ2v) is 7.70. The smallest absolute Gasteiger partial charge is 0.265 e. The van der Waals surface area contributed by atoms with Gasteiger partial charge in [0.05, 0.1) is 11.7 Å². The monoisotopic (exact) mass is 291 g/mol. The first-order chi connectivity index (χ1) is 9.61. The van der Waals surface area contributed by atoms with Crippen LogP contribution in [0.25, 0.3) is 0 Å². The van der Waals surface area contributed by atoms with E-state index in [-0.39, 0.29) is 11.3 Å². The molecule has 1 saturated carbocycles. The summed E-state index contributed by atoms with van der Waals surface area (Å²) in [5, 5.41) is 0. The van der Waals surface area contributed by atoms with Crippen molar-refractivity contribution in [3.05, 3.63) is 16.6 Å². The van der Waals surface area contributed by atoms with Gasteiger partial charge in [-0.1, -0.05) is 6.92 Å². The molecule has 4 nitrogen and oxygen atoms in total. The lowest BCUT2D eigenvalue weighted by Crippen LogP contribution is -2.57. The lowest BCUT2D eigenvalue weighted by molar-refractivity contribution is 0.0120. The van der Waals surface area contributed by atoms with Crippen LogP contribution in [-0.4, -0.2) is 52.4 Å². The van der Waals surface area contributed by atoms with E-state index in [0.717, 1.165) is 17.8 Å². The van der Waals surface area contributed by atoms with Gasteiger partial charge in [0.15, 0.2) is 0 Å². The molecule has 1 amide bonds. The molecular weight excluding hydrogens is 270 g/mol. The lowest BCUT2D eigenvalue weighted by Gasteiger charge is -2.50. The predicted molar refractivity (Wildman–Crippen MR) is 78.9 cm³/mol. The van der Waals surface area contributed by atoms with Gasteiger partial charge in [0.1, 0.15) is 4.88 Å². The molecule has 0 radical (unpaired) electrons. The van der Waals surface area contributed by atoms with E-state index in [1.807, 2.05) is 0 Å². The van der Waals surface area contributed by atoms with Crippen LogP contribution in [0.3, 0.4) is 0 Å². The maximum Gasteiger partial charge on any atom is 0.265 e. The Labute approximate surface area is 123 Å². The van der Waals surface area contributed by atoms with E-state index < -0.39 is 0 Å². The molecule has 0 spiro atoms. The Morgan fingerprint density at radius 1 is 1.45 bits per heavy atom. The summed E-state index contributed by atoms with van der Waals surface area (Å²) >= 11 is 1.46. The first kappa shape index (κ1) is 12.8. The third kappa shape index (κ3) is 1.56. The molecule has 1 aromatic rings. The number of carbonyl (C=O) groups excluding carboxylic acids is 1. The Morgan fingerprint density at radius 2 is 2.25 bits per heavy atom. The van der Waals surface area contributed by atoms with Gasteiger partial charge in [-0.05, 0) is 32.7 Å². The maximum absolute atomic E-state index is 12.8. The van der Waals surface area contributed by atoms with Crippen LogP contribution in [0.5, 0.6) is 0 Å². The van der Waals surface area contributed by atoms with E-state index in [1.54, 1.807) is 11.7 Å². The van der Waals surface area contributed by atoms with E-state index >= 15 is 0 Å². The summed E-state index contributed by atoms with van der Waals surface area (Å²) in [7, 11) is 2.25. The van der Waals surface area contributed by atoms with Crippen LogP contribution < -0.4 is 0 Å². The molecule has 0 N–H and O–H groups in total. The molecule has 108 valence electrons. The number of hydrogen-bond acceptors (Lipinski definition) is 4. The molecule has 1 aliphatic carbocycles. The summed E-state index contributed by atoms with van der Waals surface area (Å²) in [6.07, 6.45) is 6.68. The first-order valence-corrected chi connectivity index (χ1v) is 8.40. The summed E-state index contributed by atoms with van der Waals surface area (Å²) < 4.78 is 0. The van der Waals surface area contributed by atoms with E-state index in [2.05, 4.69) is 28.8 Å². The lowest BCUT2D eigenvalue weighted by atomic mass is 9.66. The first-order valence-electron chi connectivity index (χ1n) is 7.52. The molecule has 3 aliphatic rings. The number of piperidine rings is 1. The van der Waals surface area contributed by atoms with Crippen molar-refractivity contribution in [3.8, 4) is 0 Å². The Morgan fingerprint density at radius 3 is 3.00 bits per heavy atom. The highest BCUT2D eigenvalue weighted by Crippen LogP contribution is 2.53. The molecule has 4 rings (SSSR count). The summed E-state index contributed by atoms with van der Waals surface area (Å²) in [4.78, 5) is 22.4. The molecule has 5 heteroatoms. The number of thiazole rings is 1. The van der Waals surface area contributed by atoms with Crippen molar-refractivity contribution in [3.63, 3.8) is 0 Å². The molecule has 2 aliphatic heterocycles. The quantitative estimate of drug-likeness (QED) is 0.796. The standard InChI is InChI=1S/C15H21N3OS/c1-15-6-10-8-18(14(19)11-7-16-9-20-11)13(15)5-3-4-12(15)17(10)2/h7,9-10,12-13H,3-6,8H2,1-2H3/t10-,12-,13+,15-/m0/s1. The zero-order chi connectivity index (χ0) is 13.9. The normalized spacial score (nSPS) is 40.1. The zero-order valence-electron chi connectivity index (χ0n) is 12.1. The molecule has 1 aromatic heterocycles. The van der Waals surface area contributed by atoms with Gasteiger partial charge in [-0.2, -0.15) is 0 Å². The van der Waals surface area contributed by atoms with Crippen LogP contribution in [0.15, 0.2) is 11.7 Å². The number of likely N-dealkylation sites (N-methyl/N-ethyl adjacent to an activating group) is 1. The van der Waals surface area contributed by atoms with Crippen LogP contribution in [0.2, 0.25) is 0 Å². The minimum absolute atomic E-state index is 0.198. The molecule has 4 atom stereocenters. The maximum atomic E-state index is 12.8. The Bertz CT molecular complexity index is 531. The number of amides is 1. The van der Waals surface area contributed by atoms with Crippen LogP contribution in [0, 0.1) is 5.41 Å². The average Bonchev–Trinajstić information content (AvgIpc) is 3.04. The van der Waals surface area contributed by atoms with Crippen molar-refractivity contribution in [2.24, 2.45) is 5.41 Å². The highest BCUT2D eigenvalue weighted by molar-refractivity contribution is 7.11. The molecule has 0 unspecified atom stereocenters. The van der Waals surface area contributed by atoms with Gasteiger partial charge < -0.3 is 4.90 Å². The third-order valence-corrected chi connectivity index (χ3v) is 6.67. The molecule has 2 bridgehead atoms. The highest BCUT2D eigenvalue weighted by Gasteiger charge is 2.59.